The summed E-state index contributed by atoms with van der Waals surface area (Å²) >= 11 is 1.60. The van der Waals surface area contributed by atoms with E-state index in [1.54, 1.807) is 17.4 Å². The maximum absolute atomic E-state index is 12.0. The number of rotatable bonds is 6. The van der Waals surface area contributed by atoms with E-state index < -0.39 is 0 Å². The number of hydrogen-bond acceptors (Lipinski definition) is 4. The van der Waals surface area contributed by atoms with Crippen molar-refractivity contribution in [2.45, 2.75) is 6.04 Å². The first-order chi connectivity index (χ1) is 11.6. The van der Waals surface area contributed by atoms with Crippen LogP contribution in [0.1, 0.15) is 16.7 Å². The third-order valence-corrected chi connectivity index (χ3v) is 4.65. The maximum atomic E-state index is 12.0. The molecule has 1 atom stereocenters. The number of amides is 1. The molecule has 4 nitrogen and oxygen atoms in total. The number of para-hydroxylation sites is 1. The molecule has 0 radical (unpaired) electrons. The molecule has 0 aliphatic rings. The van der Waals surface area contributed by atoms with Crippen LogP contribution in [0.4, 0.5) is 0 Å². The van der Waals surface area contributed by atoms with E-state index in [0.29, 0.717) is 6.54 Å². The highest BCUT2D eigenvalue weighted by atomic mass is 32.1. The number of thiophene rings is 1. The molecule has 1 N–H and O–H groups in total. The second-order valence-electron chi connectivity index (χ2n) is 5.76. The van der Waals surface area contributed by atoms with Crippen LogP contribution in [0.15, 0.2) is 58.3 Å². The number of carbonyl (C=O) groups is 1. The van der Waals surface area contributed by atoms with Crippen LogP contribution in [0.5, 0.6) is 0 Å². The summed E-state index contributed by atoms with van der Waals surface area (Å²) < 4.78 is 5.93. The van der Waals surface area contributed by atoms with E-state index in [1.165, 1.54) is 0 Å². The van der Waals surface area contributed by atoms with Crippen molar-refractivity contribution in [2.75, 3.05) is 20.6 Å². The fourth-order valence-corrected chi connectivity index (χ4v) is 3.12. The third kappa shape index (κ3) is 3.93. The lowest BCUT2D eigenvalue weighted by Gasteiger charge is -2.22. The molecule has 3 aromatic rings. The molecule has 0 bridgehead atoms. The molecule has 124 valence electrons. The Morgan fingerprint density at radius 2 is 2.12 bits per heavy atom. The van der Waals surface area contributed by atoms with Crippen LogP contribution < -0.4 is 5.32 Å². The zero-order chi connectivity index (χ0) is 16.9. The average molecular weight is 340 g/mol. The minimum absolute atomic E-state index is 0.0171. The van der Waals surface area contributed by atoms with Gasteiger partial charge in [0.1, 0.15) is 11.3 Å². The maximum Gasteiger partial charge on any atom is 0.244 e. The van der Waals surface area contributed by atoms with Crippen molar-refractivity contribution in [3.63, 3.8) is 0 Å². The first kappa shape index (κ1) is 16.5. The Bertz CT molecular complexity index is 801. The second kappa shape index (κ2) is 7.47. The van der Waals surface area contributed by atoms with Crippen molar-refractivity contribution in [3.05, 3.63) is 64.6 Å². The van der Waals surface area contributed by atoms with E-state index in [2.05, 4.69) is 5.32 Å². The Morgan fingerprint density at radius 3 is 2.83 bits per heavy atom. The number of fused-ring (bicyclic) bond motifs is 1. The molecule has 1 unspecified atom stereocenters. The van der Waals surface area contributed by atoms with Gasteiger partial charge in [0.15, 0.2) is 0 Å². The Hall–Kier alpha value is -2.37. The molecule has 0 saturated heterocycles. The minimum Gasteiger partial charge on any atom is -0.459 e. The van der Waals surface area contributed by atoms with E-state index in [9.17, 15) is 4.79 Å². The first-order valence-electron chi connectivity index (χ1n) is 7.78. The van der Waals surface area contributed by atoms with Gasteiger partial charge in [-0.05, 0) is 43.8 Å². The van der Waals surface area contributed by atoms with Crippen molar-refractivity contribution < 1.29 is 9.21 Å². The monoisotopic (exact) mass is 340 g/mol. The van der Waals surface area contributed by atoms with Crippen LogP contribution in [0.3, 0.4) is 0 Å². The predicted molar refractivity (Wildman–Crippen MR) is 99.0 cm³/mol. The van der Waals surface area contributed by atoms with E-state index in [0.717, 1.165) is 21.6 Å². The normalized spacial score (nSPS) is 13.0. The number of furan rings is 1. The summed E-state index contributed by atoms with van der Waals surface area (Å²) in [4.78, 5) is 15.1. The van der Waals surface area contributed by atoms with Crippen LogP contribution in [0.2, 0.25) is 0 Å². The number of hydrogen-bond donors (Lipinski definition) is 1. The van der Waals surface area contributed by atoms with Crippen molar-refractivity contribution >= 4 is 34.3 Å². The third-order valence-electron chi connectivity index (χ3n) is 3.81. The molecule has 0 aliphatic heterocycles. The van der Waals surface area contributed by atoms with Gasteiger partial charge in [0, 0.05) is 22.9 Å². The molecule has 2 heterocycles. The molecule has 2 aromatic heterocycles. The van der Waals surface area contributed by atoms with Crippen molar-refractivity contribution in [1.29, 1.82) is 0 Å². The molecule has 1 aromatic carbocycles. The largest absolute Gasteiger partial charge is 0.459 e. The van der Waals surface area contributed by atoms with E-state index in [4.69, 9.17) is 4.42 Å². The summed E-state index contributed by atoms with van der Waals surface area (Å²) in [6.07, 6.45) is 3.39. The Labute approximate surface area is 145 Å². The molecule has 0 fully saturated rings. The lowest BCUT2D eigenvalue weighted by molar-refractivity contribution is -0.116. The van der Waals surface area contributed by atoms with Crippen LogP contribution in [-0.4, -0.2) is 31.4 Å². The molecular weight excluding hydrogens is 320 g/mol. The number of nitrogens with one attached hydrogen (secondary N) is 1. The smallest absolute Gasteiger partial charge is 0.244 e. The number of likely N-dealkylation sites (N-methyl/N-ethyl adjacent to an activating group) is 1. The van der Waals surface area contributed by atoms with Crippen LogP contribution in [0.25, 0.3) is 17.0 Å². The van der Waals surface area contributed by atoms with Gasteiger partial charge < -0.3 is 9.73 Å². The SMILES string of the molecule is CN(C)C(CNC(=O)/C=C/c1cccs1)c1cc2ccccc2o1. The van der Waals surface area contributed by atoms with Crippen LogP contribution >= 0.6 is 11.3 Å². The molecule has 3 rings (SSSR count). The summed E-state index contributed by atoms with van der Waals surface area (Å²) in [6, 6.07) is 13.9. The zero-order valence-electron chi connectivity index (χ0n) is 13.7. The van der Waals surface area contributed by atoms with Gasteiger partial charge in [0.2, 0.25) is 5.91 Å². The van der Waals surface area contributed by atoms with Gasteiger partial charge in [-0.3, -0.25) is 9.69 Å². The number of nitrogens with zero attached hydrogens (tertiary/aromatic N) is 1. The molecule has 0 aliphatic carbocycles. The molecule has 1 amide bonds. The molecule has 24 heavy (non-hydrogen) atoms. The van der Waals surface area contributed by atoms with Gasteiger partial charge in [0.05, 0.1) is 6.04 Å². The Kier molecular flexibility index (Phi) is 5.13. The fourth-order valence-electron chi connectivity index (χ4n) is 2.50. The Morgan fingerprint density at radius 1 is 1.29 bits per heavy atom. The summed E-state index contributed by atoms with van der Waals surface area (Å²) in [5, 5.41) is 6.01. The minimum atomic E-state index is -0.105. The average Bonchev–Trinajstić information content (AvgIpc) is 3.22. The molecule has 0 saturated carbocycles. The topological polar surface area (TPSA) is 45.5 Å². The highest BCUT2D eigenvalue weighted by molar-refractivity contribution is 7.10. The summed E-state index contributed by atoms with van der Waals surface area (Å²) in [6.45, 7) is 0.487. The molecule has 0 spiro atoms. The number of carbonyl (C=O) groups excluding carboxylic acids is 1. The standard InChI is InChI=1S/C19H20N2O2S/c1-21(2)16(18-12-14-6-3-4-8-17(14)23-18)13-20-19(22)10-9-15-7-5-11-24-15/h3-12,16H,13H2,1-2H3,(H,20,22)/b10-9+. The van der Waals surface area contributed by atoms with Gasteiger partial charge in [0.25, 0.3) is 0 Å². The second-order valence-corrected chi connectivity index (χ2v) is 6.74. The predicted octanol–water partition coefficient (Wildman–Crippen LogP) is 3.93. The van der Waals surface area contributed by atoms with Crippen LogP contribution in [0, 0.1) is 0 Å². The van der Waals surface area contributed by atoms with E-state index >= 15 is 0 Å². The molecular formula is C19H20N2O2S. The fraction of sp³-hybridized carbons (Fsp3) is 0.211. The highest BCUT2D eigenvalue weighted by Crippen LogP contribution is 2.26. The lowest BCUT2D eigenvalue weighted by atomic mass is 10.2. The van der Waals surface area contributed by atoms with Gasteiger partial charge >= 0.3 is 0 Å². The van der Waals surface area contributed by atoms with Gasteiger partial charge in [-0.2, -0.15) is 0 Å². The summed E-state index contributed by atoms with van der Waals surface area (Å²) in [7, 11) is 3.96. The molecule has 5 heteroatoms. The quantitative estimate of drug-likeness (QED) is 0.692. The van der Waals surface area contributed by atoms with Crippen molar-refractivity contribution in [1.82, 2.24) is 10.2 Å². The first-order valence-corrected chi connectivity index (χ1v) is 8.66. The summed E-state index contributed by atoms with van der Waals surface area (Å²) in [5.74, 6) is 0.745. The zero-order valence-corrected chi connectivity index (χ0v) is 14.5. The van der Waals surface area contributed by atoms with Gasteiger partial charge in [-0.15, -0.1) is 11.3 Å². The van der Waals surface area contributed by atoms with Gasteiger partial charge in [-0.1, -0.05) is 24.3 Å². The van der Waals surface area contributed by atoms with E-state index in [-0.39, 0.29) is 11.9 Å². The van der Waals surface area contributed by atoms with Crippen molar-refractivity contribution in [2.24, 2.45) is 0 Å². The van der Waals surface area contributed by atoms with Crippen molar-refractivity contribution in [3.8, 4) is 0 Å². The van der Waals surface area contributed by atoms with Gasteiger partial charge in [-0.25, -0.2) is 0 Å². The van der Waals surface area contributed by atoms with E-state index in [1.807, 2.05) is 72.9 Å². The number of benzene rings is 1. The summed E-state index contributed by atoms with van der Waals surface area (Å²) in [5.41, 5.74) is 0.864. The lowest BCUT2D eigenvalue weighted by Crippen LogP contribution is -2.33. The highest BCUT2D eigenvalue weighted by Gasteiger charge is 2.19. The Balaban J connectivity index is 1.67. The van der Waals surface area contributed by atoms with Crippen LogP contribution in [-0.2, 0) is 4.79 Å².